The zero-order chi connectivity index (χ0) is 15.9. The topological polar surface area (TPSA) is 75.4 Å². The number of rotatable bonds is 6. The first-order chi connectivity index (χ1) is 10.5. The van der Waals surface area contributed by atoms with Gasteiger partial charge in [0.15, 0.2) is 5.82 Å². The van der Waals surface area contributed by atoms with E-state index in [1.54, 1.807) is 17.9 Å². The lowest BCUT2D eigenvalue weighted by Crippen LogP contribution is -2.31. The summed E-state index contributed by atoms with van der Waals surface area (Å²) in [7, 11) is 0. The number of nitrogens with zero attached hydrogens (tertiary/aromatic N) is 2. The lowest BCUT2D eigenvalue weighted by Gasteiger charge is -2.20. The van der Waals surface area contributed by atoms with Crippen LogP contribution in [-0.2, 0) is 16.1 Å². The molecule has 2 rings (SSSR count). The third-order valence-corrected chi connectivity index (χ3v) is 3.17. The molecular formula is C16H19N3O3. The largest absolute Gasteiger partial charge is 0.360 e. The molecule has 22 heavy (non-hydrogen) atoms. The van der Waals surface area contributed by atoms with Crippen LogP contribution in [0.5, 0.6) is 0 Å². The molecule has 116 valence electrons. The van der Waals surface area contributed by atoms with Gasteiger partial charge in [-0.15, -0.1) is 0 Å². The number of hydrogen-bond donors (Lipinski definition) is 1. The van der Waals surface area contributed by atoms with Crippen LogP contribution < -0.4 is 5.32 Å². The third kappa shape index (κ3) is 4.73. The highest BCUT2D eigenvalue weighted by Gasteiger charge is 2.12. The maximum Gasteiger partial charge on any atom is 0.227 e. The number of nitrogens with one attached hydrogen (secondary N) is 1. The molecule has 0 aliphatic carbocycles. The van der Waals surface area contributed by atoms with E-state index < -0.39 is 0 Å². The maximum absolute atomic E-state index is 11.9. The van der Waals surface area contributed by atoms with Crippen LogP contribution in [0, 0.1) is 6.92 Å². The van der Waals surface area contributed by atoms with E-state index in [0.29, 0.717) is 24.7 Å². The highest BCUT2D eigenvalue weighted by Crippen LogP contribution is 2.09. The molecule has 0 radical (unpaired) electrons. The van der Waals surface area contributed by atoms with Crippen molar-refractivity contribution in [3.63, 3.8) is 0 Å². The minimum absolute atomic E-state index is 0.0612. The molecule has 0 atom stereocenters. The second kappa shape index (κ2) is 7.40. The number of aromatic nitrogens is 1. The van der Waals surface area contributed by atoms with Gasteiger partial charge < -0.3 is 14.7 Å². The monoisotopic (exact) mass is 301 g/mol. The normalized spacial score (nSPS) is 10.3. The third-order valence-electron chi connectivity index (χ3n) is 3.17. The second-order valence-electron chi connectivity index (χ2n) is 5.05. The Morgan fingerprint density at radius 2 is 2.00 bits per heavy atom. The van der Waals surface area contributed by atoms with Crippen molar-refractivity contribution >= 4 is 17.6 Å². The summed E-state index contributed by atoms with van der Waals surface area (Å²) in [6, 6.07) is 11.3. The van der Waals surface area contributed by atoms with E-state index in [9.17, 15) is 9.59 Å². The molecule has 6 heteroatoms. The molecular weight excluding hydrogens is 282 g/mol. The van der Waals surface area contributed by atoms with Crippen LogP contribution in [0.25, 0.3) is 0 Å². The van der Waals surface area contributed by atoms with Gasteiger partial charge in [0.25, 0.3) is 0 Å². The van der Waals surface area contributed by atoms with Crippen molar-refractivity contribution in [3.8, 4) is 0 Å². The molecule has 6 nitrogen and oxygen atoms in total. The van der Waals surface area contributed by atoms with Crippen molar-refractivity contribution in [2.75, 3.05) is 11.9 Å². The van der Waals surface area contributed by atoms with Crippen LogP contribution in [0.15, 0.2) is 40.9 Å². The Kier molecular flexibility index (Phi) is 5.30. The van der Waals surface area contributed by atoms with Crippen molar-refractivity contribution in [1.29, 1.82) is 0 Å². The van der Waals surface area contributed by atoms with Gasteiger partial charge in [-0.3, -0.25) is 9.59 Å². The number of benzene rings is 1. The van der Waals surface area contributed by atoms with E-state index in [-0.39, 0.29) is 18.2 Å². The average molecular weight is 301 g/mol. The van der Waals surface area contributed by atoms with Gasteiger partial charge >= 0.3 is 0 Å². The molecule has 0 saturated heterocycles. The molecule has 0 spiro atoms. The summed E-state index contributed by atoms with van der Waals surface area (Å²) in [5, 5.41) is 6.34. The number of hydrogen-bond acceptors (Lipinski definition) is 4. The quantitative estimate of drug-likeness (QED) is 0.888. The van der Waals surface area contributed by atoms with Gasteiger partial charge in [-0.1, -0.05) is 35.5 Å². The molecule has 0 aliphatic heterocycles. The predicted octanol–water partition coefficient (Wildman–Crippen LogP) is 2.36. The van der Waals surface area contributed by atoms with Gasteiger partial charge in [-0.05, 0) is 12.5 Å². The molecule has 1 heterocycles. The van der Waals surface area contributed by atoms with Crippen LogP contribution in [0.2, 0.25) is 0 Å². The Morgan fingerprint density at radius 3 is 2.59 bits per heavy atom. The van der Waals surface area contributed by atoms with E-state index in [4.69, 9.17) is 4.52 Å². The standard InChI is InChI=1S/C16H19N3O3/c1-12-10-15(18-22-12)17-16(21)8-9-19(13(2)20)11-14-6-4-3-5-7-14/h3-7,10H,8-9,11H2,1-2H3,(H,17,18,21). The molecule has 2 amide bonds. The first kappa shape index (κ1) is 15.8. The Balaban J connectivity index is 1.86. The van der Waals surface area contributed by atoms with E-state index in [1.165, 1.54) is 6.92 Å². The summed E-state index contributed by atoms with van der Waals surface area (Å²) in [5.74, 6) is 0.756. The number of carbonyl (C=O) groups is 2. The minimum Gasteiger partial charge on any atom is -0.360 e. The Morgan fingerprint density at radius 1 is 1.27 bits per heavy atom. The van der Waals surface area contributed by atoms with Gasteiger partial charge in [0.05, 0.1) is 0 Å². The van der Waals surface area contributed by atoms with Crippen LogP contribution in [-0.4, -0.2) is 28.4 Å². The van der Waals surface area contributed by atoms with Crippen molar-refractivity contribution in [2.45, 2.75) is 26.8 Å². The molecule has 0 aliphatic rings. The van der Waals surface area contributed by atoms with Crippen LogP contribution in [0.4, 0.5) is 5.82 Å². The van der Waals surface area contributed by atoms with E-state index in [1.807, 2.05) is 30.3 Å². The fourth-order valence-corrected chi connectivity index (χ4v) is 2.02. The zero-order valence-corrected chi connectivity index (χ0v) is 12.7. The summed E-state index contributed by atoms with van der Waals surface area (Å²) in [6.45, 7) is 4.10. The summed E-state index contributed by atoms with van der Waals surface area (Å²) < 4.78 is 4.88. The molecule has 0 fully saturated rings. The molecule has 2 aromatic rings. The maximum atomic E-state index is 11.9. The van der Waals surface area contributed by atoms with Gasteiger partial charge in [-0.25, -0.2) is 0 Å². The van der Waals surface area contributed by atoms with Crippen LogP contribution in [0.1, 0.15) is 24.7 Å². The predicted molar refractivity (Wildman–Crippen MR) is 82.0 cm³/mol. The van der Waals surface area contributed by atoms with Crippen molar-refractivity contribution < 1.29 is 14.1 Å². The van der Waals surface area contributed by atoms with E-state index >= 15 is 0 Å². The number of anilines is 1. The lowest BCUT2D eigenvalue weighted by atomic mass is 10.2. The average Bonchev–Trinajstić information content (AvgIpc) is 2.89. The van der Waals surface area contributed by atoms with Gasteiger partial charge in [-0.2, -0.15) is 0 Å². The number of carbonyl (C=O) groups excluding carboxylic acids is 2. The first-order valence-electron chi connectivity index (χ1n) is 7.07. The Hall–Kier alpha value is -2.63. The highest BCUT2D eigenvalue weighted by atomic mass is 16.5. The summed E-state index contributed by atoms with van der Waals surface area (Å²) in [5.41, 5.74) is 1.03. The van der Waals surface area contributed by atoms with Gasteiger partial charge in [0.2, 0.25) is 11.8 Å². The SMILES string of the molecule is CC(=O)N(CCC(=O)Nc1cc(C)on1)Cc1ccccc1. The lowest BCUT2D eigenvalue weighted by molar-refractivity contribution is -0.129. The fourth-order valence-electron chi connectivity index (χ4n) is 2.02. The van der Waals surface area contributed by atoms with Gasteiger partial charge in [0.1, 0.15) is 5.76 Å². The molecule has 0 saturated carbocycles. The first-order valence-corrected chi connectivity index (χ1v) is 7.07. The summed E-state index contributed by atoms with van der Waals surface area (Å²) >= 11 is 0. The van der Waals surface area contributed by atoms with Crippen molar-refractivity contribution in [1.82, 2.24) is 10.1 Å². The molecule has 0 bridgehead atoms. The van der Waals surface area contributed by atoms with Crippen molar-refractivity contribution in [3.05, 3.63) is 47.7 Å². The number of aryl methyl sites for hydroxylation is 1. The smallest absolute Gasteiger partial charge is 0.227 e. The Bertz CT molecular complexity index is 637. The summed E-state index contributed by atoms with van der Waals surface area (Å²) in [6.07, 6.45) is 0.207. The number of amides is 2. The molecule has 1 N–H and O–H groups in total. The zero-order valence-electron chi connectivity index (χ0n) is 12.7. The van der Waals surface area contributed by atoms with Crippen molar-refractivity contribution in [2.24, 2.45) is 0 Å². The van der Waals surface area contributed by atoms with Gasteiger partial charge in [0, 0.05) is 32.5 Å². The second-order valence-corrected chi connectivity index (χ2v) is 5.05. The van der Waals surface area contributed by atoms with E-state index in [2.05, 4.69) is 10.5 Å². The Labute approximate surface area is 129 Å². The molecule has 0 unspecified atom stereocenters. The molecule has 1 aromatic carbocycles. The van der Waals surface area contributed by atoms with E-state index in [0.717, 1.165) is 5.56 Å². The minimum atomic E-state index is -0.201. The van der Waals surface area contributed by atoms with Crippen LogP contribution in [0.3, 0.4) is 0 Å². The van der Waals surface area contributed by atoms with Crippen LogP contribution >= 0.6 is 0 Å². The highest BCUT2D eigenvalue weighted by molar-refractivity contribution is 5.90. The fraction of sp³-hybridized carbons (Fsp3) is 0.312. The molecule has 1 aromatic heterocycles. The summed E-state index contributed by atoms with van der Waals surface area (Å²) in [4.78, 5) is 25.2.